The fraction of sp³-hybridized carbons (Fsp3) is 0.355. The lowest BCUT2D eigenvalue weighted by Gasteiger charge is -2.39. The van der Waals surface area contributed by atoms with E-state index in [-0.39, 0.29) is 22.8 Å². The summed E-state index contributed by atoms with van der Waals surface area (Å²) in [6.45, 7) is 4.66. The number of carbonyl (C=O) groups is 2. The third-order valence-corrected chi connectivity index (χ3v) is 9.62. The molecule has 1 atom stereocenters. The highest BCUT2D eigenvalue weighted by Gasteiger charge is 2.51. The number of hydrogen-bond acceptors (Lipinski definition) is 8. The molecule has 1 unspecified atom stereocenters. The summed E-state index contributed by atoms with van der Waals surface area (Å²) in [5.41, 5.74) is 0.431. The van der Waals surface area contributed by atoms with Gasteiger partial charge < -0.3 is 14.6 Å². The average molecular weight is 592 g/mol. The number of aliphatic hydroxyl groups is 1. The van der Waals surface area contributed by atoms with E-state index >= 15 is 0 Å². The number of anilines is 2. The number of ether oxygens (including phenoxy) is 2. The van der Waals surface area contributed by atoms with E-state index in [2.05, 4.69) is 9.62 Å². The molecule has 6 rings (SSSR count). The first-order valence-electron chi connectivity index (χ1n) is 14.0. The Bertz CT molecular complexity index is 1590. The van der Waals surface area contributed by atoms with Crippen molar-refractivity contribution in [3.05, 3.63) is 89.5 Å². The highest BCUT2D eigenvalue weighted by molar-refractivity contribution is 7.92. The van der Waals surface area contributed by atoms with Crippen LogP contribution in [0.15, 0.2) is 77.7 Å². The van der Waals surface area contributed by atoms with Gasteiger partial charge in [0.05, 0.1) is 36.9 Å². The summed E-state index contributed by atoms with van der Waals surface area (Å²) in [4.78, 5) is 30.8. The second kappa shape index (κ2) is 10.9. The number of carbonyl (C=O) groups excluding carboxylic acids is 2. The van der Waals surface area contributed by atoms with Crippen LogP contribution in [-0.4, -0.2) is 68.9 Å². The molecule has 220 valence electrons. The number of Topliss-reactive ketones (excluding diaryl/α,β-unsaturated/α-hetero) is 1. The zero-order valence-corrected chi connectivity index (χ0v) is 24.1. The van der Waals surface area contributed by atoms with Gasteiger partial charge in [-0.15, -0.1) is 0 Å². The Labute approximate surface area is 244 Å². The van der Waals surface area contributed by atoms with Gasteiger partial charge in [0.25, 0.3) is 15.9 Å². The summed E-state index contributed by atoms with van der Waals surface area (Å²) >= 11 is 0. The standard InChI is InChI=1S/C31H33N3O7S/c1-22-6-12-25(13-7-22)42(38,39)32-24-10-8-23(9-11-24)28(35)20-31(37)26-4-2-3-5-27(26)34(29(31)36)21-33-16-14-30(15-17-33)40-18-19-41-30/h2-13,32,37H,14-21H2,1H3. The molecule has 0 bridgehead atoms. The van der Waals surface area contributed by atoms with Gasteiger partial charge in [0.1, 0.15) is 0 Å². The molecule has 3 aliphatic rings. The van der Waals surface area contributed by atoms with Gasteiger partial charge in [-0.1, -0.05) is 35.9 Å². The number of amides is 1. The first-order valence-corrected chi connectivity index (χ1v) is 15.4. The topological polar surface area (TPSA) is 125 Å². The predicted molar refractivity (Wildman–Crippen MR) is 156 cm³/mol. The Hall–Kier alpha value is -3.61. The normalized spacial score (nSPS) is 22.0. The predicted octanol–water partition coefficient (Wildman–Crippen LogP) is 3.40. The fourth-order valence-corrected chi connectivity index (χ4v) is 6.89. The van der Waals surface area contributed by atoms with E-state index < -0.39 is 39.5 Å². The first kappa shape index (κ1) is 28.5. The Morgan fingerprint density at radius 1 is 0.952 bits per heavy atom. The average Bonchev–Trinajstić information content (AvgIpc) is 3.52. The maximum Gasteiger partial charge on any atom is 0.265 e. The Balaban J connectivity index is 1.15. The number of likely N-dealkylation sites (tertiary alicyclic amines) is 1. The zero-order chi connectivity index (χ0) is 29.5. The number of ketones is 1. The van der Waals surface area contributed by atoms with E-state index in [1.807, 2.05) is 6.92 Å². The summed E-state index contributed by atoms with van der Waals surface area (Å²) in [5, 5.41) is 11.7. The lowest BCUT2D eigenvalue weighted by Crippen LogP contribution is -2.51. The van der Waals surface area contributed by atoms with Crippen LogP contribution in [-0.2, 0) is 29.9 Å². The zero-order valence-electron chi connectivity index (χ0n) is 23.3. The molecular formula is C31H33N3O7S. The molecule has 1 spiro atoms. The van der Waals surface area contributed by atoms with Crippen LogP contribution in [0.2, 0.25) is 0 Å². The molecule has 3 aromatic rings. The van der Waals surface area contributed by atoms with E-state index in [4.69, 9.17) is 9.47 Å². The Morgan fingerprint density at radius 3 is 2.26 bits per heavy atom. The number of nitrogens with one attached hydrogen (secondary N) is 1. The fourth-order valence-electron chi connectivity index (χ4n) is 5.83. The van der Waals surface area contributed by atoms with Crippen molar-refractivity contribution in [2.45, 2.75) is 42.5 Å². The molecule has 1 amide bonds. The number of hydrogen-bond donors (Lipinski definition) is 2. The quantitative estimate of drug-likeness (QED) is 0.382. The monoisotopic (exact) mass is 591 g/mol. The van der Waals surface area contributed by atoms with Crippen LogP contribution in [0, 0.1) is 6.92 Å². The number of rotatable bonds is 8. The molecule has 0 aliphatic carbocycles. The molecular weight excluding hydrogens is 558 g/mol. The molecule has 0 radical (unpaired) electrons. The minimum atomic E-state index is -3.80. The molecule has 2 fully saturated rings. The lowest BCUT2D eigenvalue weighted by atomic mass is 9.88. The van der Waals surface area contributed by atoms with Crippen molar-refractivity contribution < 1.29 is 32.6 Å². The summed E-state index contributed by atoms with van der Waals surface area (Å²) in [5.74, 6) is -1.52. The number of para-hydroxylation sites is 1. The van der Waals surface area contributed by atoms with Crippen molar-refractivity contribution in [3.63, 3.8) is 0 Å². The van der Waals surface area contributed by atoms with Crippen molar-refractivity contribution in [2.24, 2.45) is 0 Å². The van der Waals surface area contributed by atoms with E-state index in [9.17, 15) is 23.1 Å². The molecule has 3 heterocycles. The number of aryl methyl sites for hydroxylation is 1. The smallest absolute Gasteiger partial charge is 0.265 e. The number of benzene rings is 3. The maximum absolute atomic E-state index is 13.7. The van der Waals surface area contributed by atoms with Crippen LogP contribution in [0.1, 0.15) is 40.7 Å². The van der Waals surface area contributed by atoms with Crippen LogP contribution in [0.4, 0.5) is 11.4 Å². The molecule has 2 saturated heterocycles. The Kier molecular flexibility index (Phi) is 7.40. The summed E-state index contributed by atoms with van der Waals surface area (Å²) < 4.78 is 39.6. The van der Waals surface area contributed by atoms with Crippen LogP contribution in [0.25, 0.3) is 0 Å². The van der Waals surface area contributed by atoms with Crippen molar-refractivity contribution in [3.8, 4) is 0 Å². The number of piperidine rings is 1. The highest BCUT2D eigenvalue weighted by Crippen LogP contribution is 2.43. The summed E-state index contributed by atoms with van der Waals surface area (Å²) in [6, 6.07) is 19.4. The van der Waals surface area contributed by atoms with Gasteiger partial charge in [-0.05, 0) is 49.4 Å². The summed E-state index contributed by atoms with van der Waals surface area (Å²) in [7, 11) is -3.80. The molecule has 3 aliphatic heterocycles. The SMILES string of the molecule is Cc1ccc(S(=O)(=O)Nc2ccc(C(=O)CC3(O)C(=O)N(CN4CCC5(CC4)OCCO5)c4ccccc43)cc2)cc1. The van der Waals surface area contributed by atoms with E-state index in [0.29, 0.717) is 50.4 Å². The van der Waals surface area contributed by atoms with Crippen molar-refractivity contribution >= 4 is 33.1 Å². The summed E-state index contributed by atoms with van der Waals surface area (Å²) in [6.07, 6.45) is 0.936. The van der Waals surface area contributed by atoms with Gasteiger partial charge in [0.2, 0.25) is 0 Å². The van der Waals surface area contributed by atoms with E-state index in [1.54, 1.807) is 41.3 Å². The molecule has 2 N–H and O–H groups in total. The second-order valence-corrected chi connectivity index (χ2v) is 12.8. The van der Waals surface area contributed by atoms with Gasteiger partial charge in [0, 0.05) is 42.7 Å². The van der Waals surface area contributed by atoms with Gasteiger partial charge in [-0.3, -0.25) is 24.1 Å². The molecule has 11 heteroatoms. The largest absolute Gasteiger partial charge is 0.375 e. The van der Waals surface area contributed by atoms with Gasteiger partial charge in [0.15, 0.2) is 17.2 Å². The van der Waals surface area contributed by atoms with Crippen molar-refractivity contribution in [1.82, 2.24) is 4.90 Å². The minimum Gasteiger partial charge on any atom is -0.375 e. The lowest BCUT2D eigenvalue weighted by molar-refractivity contribution is -0.185. The molecule has 0 saturated carbocycles. The van der Waals surface area contributed by atoms with Crippen LogP contribution in [0.3, 0.4) is 0 Å². The van der Waals surface area contributed by atoms with Crippen molar-refractivity contribution in [1.29, 1.82) is 0 Å². The van der Waals surface area contributed by atoms with Crippen molar-refractivity contribution in [2.75, 3.05) is 42.6 Å². The minimum absolute atomic E-state index is 0.128. The van der Waals surface area contributed by atoms with E-state index in [1.165, 1.54) is 36.4 Å². The molecule has 3 aromatic carbocycles. The Morgan fingerprint density at radius 2 is 1.60 bits per heavy atom. The second-order valence-electron chi connectivity index (χ2n) is 11.1. The maximum atomic E-state index is 13.7. The van der Waals surface area contributed by atoms with Gasteiger partial charge >= 0.3 is 0 Å². The highest BCUT2D eigenvalue weighted by atomic mass is 32.2. The number of sulfonamides is 1. The third kappa shape index (κ3) is 5.34. The van der Waals surface area contributed by atoms with Crippen LogP contribution >= 0.6 is 0 Å². The molecule has 0 aromatic heterocycles. The third-order valence-electron chi connectivity index (χ3n) is 8.22. The number of fused-ring (bicyclic) bond motifs is 1. The van der Waals surface area contributed by atoms with E-state index in [0.717, 1.165) is 5.56 Å². The van der Waals surface area contributed by atoms with Crippen LogP contribution in [0.5, 0.6) is 0 Å². The molecule has 42 heavy (non-hydrogen) atoms. The van der Waals surface area contributed by atoms with Gasteiger partial charge in [-0.25, -0.2) is 8.42 Å². The first-order chi connectivity index (χ1) is 20.1. The molecule has 10 nitrogen and oxygen atoms in total. The van der Waals surface area contributed by atoms with Gasteiger partial charge in [-0.2, -0.15) is 0 Å². The van der Waals surface area contributed by atoms with Crippen LogP contribution < -0.4 is 9.62 Å². The number of nitrogens with zero attached hydrogens (tertiary/aromatic N) is 2.